The first-order valence-corrected chi connectivity index (χ1v) is 7.16. The lowest BCUT2D eigenvalue weighted by Crippen LogP contribution is -2.02. The number of aromatic nitrogens is 1. The first-order valence-electron chi connectivity index (χ1n) is 7.16. The molecule has 0 fully saturated rings. The maximum Gasteiger partial charge on any atom is 0.292 e. The summed E-state index contributed by atoms with van der Waals surface area (Å²) in [4.78, 5) is 10.6. The Labute approximate surface area is 124 Å². The molecule has 21 heavy (non-hydrogen) atoms. The number of nitrogen functional groups attached to an aromatic ring is 1. The molecule has 0 atom stereocenters. The largest absolute Gasteiger partial charge is 0.393 e. The number of nitrogens with two attached hydrogens (primary N) is 1. The van der Waals surface area contributed by atoms with Crippen LogP contribution in [0, 0.1) is 24.0 Å². The molecule has 5 nitrogen and oxygen atoms in total. The van der Waals surface area contributed by atoms with Crippen molar-refractivity contribution in [2.75, 3.05) is 5.73 Å². The van der Waals surface area contributed by atoms with Gasteiger partial charge in [-0.2, -0.15) is 0 Å². The van der Waals surface area contributed by atoms with Crippen LogP contribution in [0.15, 0.2) is 24.3 Å². The summed E-state index contributed by atoms with van der Waals surface area (Å²) in [6.07, 6.45) is 2.26. The van der Waals surface area contributed by atoms with Crippen LogP contribution in [0.2, 0.25) is 0 Å². The van der Waals surface area contributed by atoms with E-state index < -0.39 is 4.92 Å². The van der Waals surface area contributed by atoms with Crippen molar-refractivity contribution in [2.45, 2.75) is 40.2 Å². The van der Waals surface area contributed by atoms with Crippen LogP contribution in [0.3, 0.4) is 0 Å². The van der Waals surface area contributed by atoms with E-state index in [9.17, 15) is 10.1 Å². The second kappa shape index (κ2) is 5.99. The van der Waals surface area contributed by atoms with E-state index in [0.717, 1.165) is 36.2 Å². The predicted octanol–water partition coefficient (Wildman–Crippen LogP) is 4.06. The molecule has 0 saturated heterocycles. The van der Waals surface area contributed by atoms with Crippen LogP contribution in [0.25, 0.3) is 11.1 Å². The van der Waals surface area contributed by atoms with E-state index in [1.807, 2.05) is 6.07 Å². The predicted molar refractivity (Wildman–Crippen MR) is 85.3 cm³/mol. The number of nitrogens with zero attached hydrogens (tertiary/aromatic N) is 2. The number of anilines is 1. The Kier molecular flexibility index (Phi) is 4.31. The van der Waals surface area contributed by atoms with E-state index in [4.69, 9.17) is 5.73 Å². The normalized spacial score (nSPS) is 10.8. The molecule has 5 heteroatoms. The van der Waals surface area contributed by atoms with Gasteiger partial charge in [0.2, 0.25) is 0 Å². The zero-order chi connectivity index (χ0) is 15.6. The lowest BCUT2D eigenvalue weighted by molar-refractivity contribution is -0.383. The molecule has 0 spiro atoms. The number of benzene rings is 1. The van der Waals surface area contributed by atoms with E-state index in [0.29, 0.717) is 0 Å². The van der Waals surface area contributed by atoms with Crippen LogP contribution < -0.4 is 5.73 Å². The van der Waals surface area contributed by atoms with Gasteiger partial charge < -0.3 is 10.3 Å². The summed E-state index contributed by atoms with van der Waals surface area (Å²) in [5.41, 5.74) is 10.0. The summed E-state index contributed by atoms with van der Waals surface area (Å²) in [7, 11) is 0. The van der Waals surface area contributed by atoms with Crippen LogP contribution in [0.5, 0.6) is 0 Å². The highest BCUT2D eigenvalue weighted by atomic mass is 16.6. The smallest absolute Gasteiger partial charge is 0.292 e. The number of hydrogen-bond donors (Lipinski definition) is 1. The van der Waals surface area contributed by atoms with Crippen LogP contribution in [-0.2, 0) is 6.54 Å². The average molecular weight is 287 g/mol. The van der Waals surface area contributed by atoms with E-state index in [-0.39, 0.29) is 11.4 Å². The molecule has 112 valence electrons. The number of unbranched alkanes of at least 4 members (excludes halogenated alkanes) is 1. The first-order chi connectivity index (χ1) is 9.95. The highest BCUT2D eigenvalue weighted by molar-refractivity contribution is 5.74. The summed E-state index contributed by atoms with van der Waals surface area (Å²) in [6.45, 7) is 7.27. The van der Waals surface area contributed by atoms with Crippen LogP contribution in [0.1, 0.15) is 31.2 Å². The molecule has 0 radical (unpaired) electrons. The Morgan fingerprint density at radius 2 is 2.00 bits per heavy atom. The van der Waals surface area contributed by atoms with E-state index in [1.54, 1.807) is 12.1 Å². The van der Waals surface area contributed by atoms with Crippen LogP contribution in [-0.4, -0.2) is 9.49 Å². The van der Waals surface area contributed by atoms with E-state index in [1.165, 1.54) is 5.69 Å². The Morgan fingerprint density at radius 1 is 1.29 bits per heavy atom. The second-order valence-corrected chi connectivity index (χ2v) is 5.32. The van der Waals surface area contributed by atoms with Crippen molar-refractivity contribution in [2.24, 2.45) is 0 Å². The first kappa shape index (κ1) is 15.1. The molecule has 0 bridgehead atoms. The van der Waals surface area contributed by atoms with Crippen LogP contribution in [0.4, 0.5) is 11.4 Å². The molecule has 0 aliphatic carbocycles. The number of aryl methyl sites for hydroxylation is 1. The summed E-state index contributed by atoms with van der Waals surface area (Å²) >= 11 is 0. The highest BCUT2D eigenvalue weighted by Gasteiger charge is 2.16. The number of rotatable bonds is 5. The van der Waals surface area contributed by atoms with Gasteiger partial charge in [-0.15, -0.1) is 0 Å². The van der Waals surface area contributed by atoms with Gasteiger partial charge in [-0.05, 0) is 38.0 Å². The molecular formula is C16H21N3O2. The number of nitro groups is 1. The third kappa shape index (κ3) is 2.91. The minimum Gasteiger partial charge on any atom is -0.393 e. The molecule has 0 aliphatic rings. The molecule has 0 aliphatic heterocycles. The number of nitro benzene ring substituents is 1. The van der Waals surface area contributed by atoms with Gasteiger partial charge in [-0.3, -0.25) is 10.1 Å². The molecule has 0 unspecified atom stereocenters. The van der Waals surface area contributed by atoms with Gasteiger partial charge in [0.1, 0.15) is 5.69 Å². The van der Waals surface area contributed by atoms with E-state index in [2.05, 4.69) is 31.4 Å². The van der Waals surface area contributed by atoms with Gasteiger partial charge in [0.05, 0.1) is 4.92 Å². The molecule has 1 heterocycles. The van der Waals surface area contributed by atoms with Gasteiger partial charge in [-0.1, -0.05) is 19.4 Å². The minimum atomic E-state index is -0.435. The Hall–Kier alpha value is -2.30. The van der Waals surface area contributed by atoms with Crippen molar-refractivity contribution in [1.29, 1.82) is 0 Å². The summed E-state index contributed by atoms with van der Waals surface area (Å²) in [5.74, 6) is 0. The molecule has 1 aromatic heterocycles. The van der Waals surface area contributed by atoms with Gasteiger partial charge in [0.15, 0.2) is 0 Å². The Balaban J connectivity index is 2.47. The fourth-order valence-electron chi connectivity index (χ4n) is 2.62. The van der Waals surface area contributed by atoms with Gasteiger partial charge in [0, 0.05) is 29.6 Å². The SMILES string of the molecule is CCCCn1c(C)cc(-c2ccc(N)c([N+](=O)[O-])c2)c1C. The standard InChI is InChI=1S/C16H21N3O2/c1-4-5-8-18-11(2)9-14(12(18)3)13-6-7-15(17)16(10-13)19(20)21/h6-7,9-10H,4-5,8,17H2,1-3H3. The maximum atomic E-state index is 11.0. The summed E-state index contributed by atoms with van der Waals surface area (Å²) < 4.78 is 2.26. The van der Waals surface area contributed by atoms with Crippen LogP contribution >= 0.6 is 0 Å². The molecule has 0 saturated carbocycles. The van der Waals surface area contributed by atoms with Crippen molar-refractivity contribution >= 4 is 11.4 Å². The topological polar surface area (TPSA) is 74.1 Å². The zero-order valence-corrected chi connectivity index (χ0v) is 12.7. The quantitative estimate of drug-likeness (QED) is 0.512. The van der Waals surface area contributed by atoms with Gasteiger partial charge in [-0.25, -0.2) is 0 Å². The molecule has 2 rings (SSSR count). The molecule has 2 N–H and O–H groups in total. The summed E-state index contributed by atoms with van der Waals surface area (Å²) in [6, 6.07) is 7.08. The van der Waals surface area contributed by atoms with Crippen molar-refractivity contribution in [3.63, 3.8) is 0 Å². The maximum absolute atomic E-state index is 11.0. The van der Waals surface area contributed by atoms with Gasteiger partial charge in [0.25, 0.3) is 5.69 Å². The third-order valence-corrected chi connectivity index (χ3v) is 3.85. The highest BCUT2D eigenvalue weighted by Crippen LogP contribution is 2.32. The fraction of sp³-hybridized carbons (Fsp3) is 0.375. The number of hydrogen-bond acceptors (Lipinski definition) is 3. The third-order valence-electron chi connectivity index (χ3n) is 3.85. The monoisotopic (exact) mass is 287 g/mol. The Morgan fingerprint density at radius 3 is 2.62 bits per heavy atom. The van der Waals surface area contributed by atoms with Crippen molar-refractivity contribution in [3.05, 3.63) is 45.8 Å². The minimum absolute atomic E-state index is 0.0362. The molecule has 0 amide bonds. The summed E-state index contributed by atoms with van der Waals surface area (Å²) in [5, 5.41) is 11.0. The van der Waals surface area contributed by atoms with Crippen molar-refractivity contribution in [3.8, 4) is 11.1 Å². The zero-order valence-electron chi connectivity index (χ0n) is 12.7. The second-order valence-electron chi connectivity index (χ2n) is 5.32. The average Bonchev–Trinajstić information content (AvgIpc) is 2.72. The molecular weight excluding hydrogens is 266 g/mol. The van der Waals surface area contributed by atoms with E-state index >= 15 is 0 Å². The van der Waals surface area contributed by atoms with Crippen molar-refractivity contribution in [1.82, 2.24) is 4.57 Å². The Bertz CT molecular complexity index is 674. The fourth-order valence-corrected chi connectivity index (χ4v) is 2.62. The molecule has 1 aromatic carbocycles. The van der Waals surface area contributed by atoms with Crippen molar-refractivity contribution < 1.29 is 4.92 Å². The lowest BCUT2D eigenvalue weighted by Gasteiger charge is -2.09. The lowest BCUT2D eigenvalue weighted by atomic mass is 10.0. The molecule has 2 aromatic rings. The van der Waals surface area contributed by atoms with Gasteiger partial charge >= 0.3 is 0 Å².